The molecule has 32 heavy (non-hydrogen) atoms. The van der Waals surface area contributed by atoms with Crippen molar-refractivity contribution >= 4 is 25.0 Å². The zero-order valence-corrected chi connectivity index (χ0v) is 19.3. The lowest BCUT2D eigenvalue weighted by molar-refractivity contribution is -0.142. The molecule has 0 aliphatic carbocycles. The van der Waals surface area contributed by atoms with Crippen LogP contribution in [0.2, 0.25) is 0 Å². The van der Waals surface area contributed by atoms with Crippen LogP contribution >= 0.6 is 7.72 Å². The molecule has 0 saturated carbocycles. The average molecular weight is 460 g/mol. The molecule has 1 amide bonds. The number of hydrogen-bond donors (Lipinski definition) is 5. The van der Waals surface area contributed by atoms with Crippen LogP contribution in [0.25, 0.3) is 0 Å². The van der Waals surface area contributed by atoms with Crippen molar-refractivity contribution in [3.63, 3.8) is 0 Å². The largest absolute Gasteiger partial charge is 0.480 e. The van der Waals surface area contributed by atoms with Gasteiger partial charge in [-0.15, -0.1) is 0 Å². The molecule has 8 heteroatoms. The van der Waals surface area contributed by atoms with Gasteiger partial charge < -0.3 is 10.4 Å². The Labute approximate surface area is 189 Å². The van der Waals surface area contributed by atoms with Crippen molar-refractivity contribution in [1.29, 1.82) is 5.41 Å². The van der Waals surface area contributed by atoms with Crippen LogP contribution in [0.15, 0.2) is 60.7 Å². The second-order valence-corrected chi connectivity index (χ2v) is 10.8. The molecular formula is C24H32N2O5P+. The van der Waals surface area contributed by atoms with E-state index >= 15 is 0 Å². The number of carboxylic acid groups (broad SMARTS) is 1. The van der Waals surface area contributed by atoms with E-state index in [4.69, 9.17) is 5.41 Å². The van der Waals surface area contributed by atoms with Crippen LogP contribution in [0.1, 0.15) is 31.4 Å². The Balaban J connectivity index is 2.21. The summed E-state index contributed by atoms with van der Waals surface area (Å²) in [7, 11) is -3.79. The molecule has 2 aromatic carbocycles. The molecule has 0 aliphatic rings. The van der Waals surface area contributed by atoms with E-state index in [9.17, 15) is 24.5 Å². The molecule has 172 valence electrons. The molecule has 5 N–H and O–H groups in total. The molecule has 2 aromatic rings. The van der Waals surface area contributed by atoms with Crippen molar-refractivity contribution < 1.29 is 24.5 Å². The first-order valence-electron chi connectivity index (χ1n) is 10.6. The highest BCUT2D eigenvalue weighted by Gasteiger charge is 2.45. The van der Waals surface area contributed by atoms with Gasteiger partial charge in [-0.3, -0.25) is 10.2 Å². The minimum atomic E-state index is -3.79. The maximum Gasteiger partial charge on any atom is 0.326 e. The highest BCUT2D eigenvalue weighted by molar-refractivity contribution is 7.81. The fraction of sp³-hybridized carbons (Fsp3) is 0.375. The third-order valence-electron chi connectivity index (χ3n) is 5.10. The number of nitrogens with one attached hydrogen (secondary N) is 2. The number of aliphatic carboxylic acids is 1. The van der Waals surface area contributed by atoms with Crippen LogP contribution < -0.4 is 5.32 Å². The molecule has 2 unspecified atom stereocenters. The number of amides is 1. The number of carbonyl (C=O) groups excluding carboxylic acids is 1. The summed E-state index contributed by atoms with van der Waals surface area (Å²) in [6.45, 7) is 3.76. The number of carbonyl (C=O) groups is 2. The van der Waals surface area contributed by atoms with Gasteiger partial charge in [-0.05, 0) is 23.5 Å². The fourth-order valence-corrected chi connectivity index (χ4v) is 5.22. The summed E-state index contributed by atoms with van der Waals surface area (Å²) in [6, 6.07) is 17.0. The highest BCUT2D eigenvalue weighted by Crippen LogP contribution is 2.54. The van der Waals surface area contributed by atoms with Crippen LogP contribution in [0, 0.1) is 17.2 Å². The smallest absolute Gasteiger partial charge is 0.326 e. The summed E-state index contributed by atoms with van der Waals surface area (Å²) < 4.78 is 0. The van der Waals surface area contributed by atoms with Crippen molar-refractivity contribution in [2.24, 2.45) is 11.8 Å². The van der Waals surface area contributed by atoms with Gasteiger partial charge in [0, 0.05) is 12.8 Å². The van der Waals surface area contributed by atoms with Crippen LogP contribution in [0.4, 0.5) is 0 Å². The Kier molecular flexibility index (Phi) is 9.51. The van der Waals surface area contributed by atoms with E-state index < -0.39 is 31.6 Å². The first-order chi connectivity index (χ1) is 15.1. The van der Waals surface area contributed by atoms with E-state index in [2.05, 4.69) is 5.32 Å². The van der Waals surface area contributed by atoms with E-state index in [1.807, 2.05) is 50.2 Å². The Morgan fingerprint density at radius 2 is 1.44 bits per heavy atom. The van der Waals surface area contributed by atoms with Gasteiger partial charge in [0.25, 0.3) is 0 Å². The van der Waals surface area contributed by atoms with Gasteiger partial charge in [0.15, 0.2) is 0 Å². The monoisotopic (exact) mass is 459 g/mol. The van der Waals surface area contributed by atoms with Gasteiger partial charge in [-0.2, -0.15) is 0 Å². The molecule has 0 heterocycles. The van der Waals surface area contributed by atoms with E-state index in [1.165, 1.54) is 0 Å². The SMILES string of the molecule is CC(C)CC(=N)[P+](O)(O)CC(Cc1ccccc1)C(=O)NC(Cc1ccccc1)C(=O)O. The summed E-state index contributed by atoms with van der Waals surface area (Å²) in [5.74, 6) is -2.54. The van der Waals surface area contributed by atoms with Crippen molar-refractivity contribution in [3.8, 4) is 0 Å². The number of carboxylic acids is 1. The average Bonchev–Trinajstić information content (AvgIpc) is 2.73. The molecule has 2 atom stereocenters. The lowest BCUT2D eigenvalue weighted by Crippen LogP contribution is -2.46. The molecule has 0 spiro atoms. The third kappa shape index (κ3) is 8.15. The number of hydrogen-bond acceptors (Lipinski definition) is 5. The number of rotatable bonds is 12. The molecule has 0 fully saturated rings. The zero-order valence-electron chi connectivity index (χ0n) is 18.4. The minimum Gasteiger partial charge on any atom is -0.480 e. The Hall–Kier alpha value is -2.60. The Morgan fingerprint density at radius 3 is 1.91 bits per heavy atom. The summed E-state index contributed by atoms with van der Waals surface area (Å²) in [5.41, 5.74) is 1.43. The molecule has 0 bridgehead atoms. The highest BCUT2D eigenvalue weighted by atomic mass is 31.2. The van der Waals surface area contributed by atoms with Gasteiger partial charge >= 0.3 is 13.7 Å². The van der Waals surface area contributed by atoms with Crippen molar-refractivity contribution in [1.82, 2.24) is 5.32 Å². The lowest BCUT2D eigenvalue weighted by Gasteiger charge is -2.23. The topological polar surface area (TPSA) is 131 Å². The maximum atomic E-state index is 13.1. The van der Waals surface area contributed by atoms with E-state index in [0.29, 0.717) is 0 Å². The molecule has 7 nitrogen and oxygen atoms in total. The summed E-state index contributed by atoms with van der Waals surface area (Å²) in [4.78, 5) is 46.2. The normalized spacial score (nSPS) is 13.4. The first-order valence-corrected chi connectivity index (χ1v) is 12.5. The molecule has 2 rings (SSSR count). The lowest BCUT2D eigenvalue weighted by atomic mass is 9.99. The first kappa shape index (κ1) is 25.7. The third-order valence-corrected chi connectivity index (χ3v) is 7.10. The summed E-state index contributed by atoms with van der Waals surface area (Å²) >= 11 is 0. The summed E-state index contributed by atoms with van der Waals surface area (Å²) in [6.07, 6.45) is 0.257. The van der Waals surface area contributed by atoms with Gasteiger partial charge in [0.2, 0.25) is 11.4 Å². The van der Waals surface area contributed by atoms with Gasteiger partial charge in [0.05, 0.1) is 5.92 Å². The van der Waals surface area contributed by atoms with Crippen molar-refractivity contribution in [3.05, 3.63) is 71.8 Å². The van der Waals surface area contributed by atoms with Crippen LogP contribution in [0.3, 0.4) is 0 Å². The van der Waals surface area contributed by atoms with E-state index in [1.54, 1.807) is 24.3 Å². The van der Waals surface area contributed by atoms with Gasteiger partial charge in [-0.1, -0.05) is 74.5 Å². The van der Waals surface area contributed by atoms with E-state index in [0.717, 1.165) is 11.1 Å². The van der Waals surface area contributed by atoms with Gasteiger partial charge in [-0.25, -0.2) is 14.6 Å². The second-order valence-electron chi connectivity index (χ2n) is 8.43. The Morgan fingerprint density at radius 1 is 0.938 bits per heavy atom. The van der Waals surface area contributed by atoms with Crippen molar-refractivity contribution in [2.45, 2.75) is 39.2 Å². The summed E-state index contributed by atoms with van der Waals surface area (Å²) in [5, 5.41) is 20.3. The minimum absolute atomic E-state index is 0.0739. The van der Waals surface area contributed by atoms with Crippen LogP contribution in [-0.2, 0) is 22.4 Å². The maximum absolute atomic E-state index is 13.1. The Bertz CT molecular complexity index is 903. The molecule has 0 saturated heterocycles. The second kappa shape index (κ2) is 11.9. The predicted octanol–water partition coefficient (Wildman–Crippen LogP) is 3.51. The standard InChI is InChI=1S/C24H31N2O5P/c1-17(2)13-22(25)32(30,31)16-20(14-18-9-5-3-6-10-18)23(27)26-21(24(28)29)15-19-11-7-4-8-12-19/h3-12,17,20-21,25,30-31H,13-16H2,1-2H3,(H-,26,27,28,29)/p+1. The molecule has 0 radical (unpaired) electrons. The van der Waals surface area contributed by atoms with Crippen LogP contribution in [0.5, 0.6) is 0 Å². The predicted molar refractivity (Wildman–Crippen MR) is 127 cm³/mol. The van der Waals surface area contributed by atoms with Gasteiger partial charge in [0.1, 0.15) is 12.2 Å². The zero-order chi connectivity index (χ0) is 23.7. The molecule has 0 aliphatic heterocycles. The quantitative estimate of drug-likeness (QED) is 0.245. The van der Waals surface area contributed by atoms with Crippen LogP contribution in [-0.4, -0.2) is 44.4 Å². The van der Waals surface area contributed by atoms with E-state index in [-0.39, 0.29) is 36.8 Å². The fourth-order valence-electron chi connectivity index (χ4n) is 3.43. The van der Waals surface area contributed by atoms with Crippen molar-refractivity contribution in [2.75, 3.05) is 6.16 Å². The molecule has 0 aromatic heterocycles. The molecular weight excluding hydrogens is 427 g/mol. The number of benzene rings is 2.